The Morgan fingerprint density at radius 1 is 1.28 bits per heavy atom. The van der Waals surface area contributed by atoms with Gasteiger partial charge in [-0.3, -0.25) is 0 Å². The number of rotatable bonds is 6. The van der Waals surface area contributed by atoms with Gasteiger partial charge in [-0.15, -0.1) is 5.10 Å². The normalized spacial score (nSPS) is 15.7. The molecule has 0 bridgehead atoms. The van der Waals surface area contributed by atoms with Crippen LogP contribution in [-0.4, -0.2) is 16.1 Å². The van der Waals surface area contributed by atoms with Gasteiger partial charge in [0.25, 0.3) is 0 Å². The molecule has 0 amide bonds. The van der Waals surface area contributed by atoms with Crippen molar-refractivity contribution >= 4 is 11.5 Å². The van der Waals surface area contributed by atoms with Crippen molar-refractivity contribution < 1.29 is 0 Å². The van der Waals surface area contributed by atoms with Crippen LogP contribution in [0.2, 0.25) is 0 Å². The predicted molar refractivity (Wildman–Crippen MR) is 79.1 cm³/mol. The van der Waals surface area contributed by atoms with Crippen molar-refractivity contribution in [2.75, 3.05) is 6.54 Å². The Morgan fingerprint density at radius 2 is 1.94 bits per heavy atom. The fourth-order valence-electron chi connectivity index (χ4n) is 2.32. The molecule has 1 aromatic rings. The average molecular weight is 269 g/mol. The minimum Gasteiger partial charge on any atom is -0.309 e. The molecule has 2 unspecified atom stereocenters. The Kier molecular flexibility index (Phi) is 5.73. The van der Waals surface area contributed by atoms with Gasteiger partial charge in [-0.05, 0) is 30.4 Å². The van der Waals surface area contributed by atoms with Crippen molar-refractivity contribution in [2.45, 2.75) is 65.8 Å². The molecule has 0 radical (unpaired) electrons. The second kappa shape index (κ2) is 6.62. The molecular formula is C14H27N3S. The van der Waals surface area contributed by atoms with Crippen LogP contribution in [0.1, 0.15) is 71.0 Å². The van der Waals surface area contributed by atoms with Gasteiger partial charge in [0.2, 0.25) is 0 Å². The van der Waals surface area contributed by atoms with Gasteiger partial charge in [0.1, 0.15) is 0 Å². The number of hydrogen-bond donors (Lipinski definition) is 1. The summed E-state index contributed by atoms with van der Waals surface area (Å²) in [7, 11) is 0. The van der Waals surface area contributed by atoms with Crippen molar-refractivity contribution in [1.29, 1.82) is 0 Å². The number of nitrogens with zero attached hydrogens (tertiary/aromatic N) is 2. The lowest BCUT2D eigenvalue weighted by atomic mass is 9.86. The average Bonchev–Trinajstić information content (AvgIpc) is 2.74. The van der Waals surface area contributed by atoms with Gasteiger partial charge in [0, 0.05) is 11.5 Å². The molecule has 1 aromatic heterocycles. The number of aromatic nitrogens is 2. The van der Waals surface area contributed by atoms with E-state index in [0.29, 0.717) is 12.0 Å². The van der Waals surface area contributed by atoms with E-state index in [4.69, 9.17) is 0 Å². The summed E-state index contributed by atoms with van der Waals surface area (Å²) < 4.78 is 4.19. The molecule has 0 aromatic carbocycles. The van der Waals surface area contributed by atoms with Crippen LogP contribution in [0, 0.1) is 5.92 Å². The third-order valence-electron chi connectivity index (χ3n) is 3.24. The fourth-order valence-corrected chi connectivity index (χ4v) is 3.39. The summed E-state index contributed by atoms with van der Waals surface area (Å²) in [5.74, 6) is 0.623. The van der Waals surface area contributed by atoms with Gasteiger partial charge in [0.15, 0.2) is 0 Å². The van der Waals surface area contributed by atoms with Crippen molar-refractivity contribution in [2.24, 2.45) is 5.92 Å². The Balaban J connectivity index is 3.02. The molecule has 0 saturated heterocycles. The SMILES string of the molecule is CCCC(C)C(NCC)c1snnc1C(C)(C)C. The smallest absolute Gasteiger partial charge is 0.0857 e. The minimum absolute atomic E-state index is 0.0714. The van der Waals surface area contributed by atoms with E-state index in [2.05, 4.69) is 56.4 Å². The van der Waals surface area contributed by atoms with Gasteiger partial charge in [-0.2, -0.15) is 0 Å². The molecule has 1 rings (SSSR count). The molecule has 0 fully saturated rings. The van der Waals surface area contributed by atoms with Crippen molar-refractivity contribution in [1.82, 2.24) is 14.9 Å². The van der Waals surface area contributed by atoms with Gasteiger partial charge < -0.3 is 5.32 Å². The minimum atomic E-state index is 0.0714. The van der Waals surface area contributed by atoms with Crippen LogP contribution in [0.25, 0.3) is 0 Å². The summed E-state index contributed by atoms with van der Waals surface area (Å²) in [5, 5.41) is 7.97. The van der Waals surface area contributed by atoms with Gasteiger partial charge in [-0.1, -0.05) is 52.5 Å². The lowest BCUT2D eigenvalue weighted by molar-refractivity contribution is 0.367. The first-order chi connectivity index (χ1) is 8.41. The molecule has 0 aliphatic heterocycles. The highest BCUT2D eigenvalue weighted by Crippen LogP contribution is 2.35. The van der Waals surface area contributed by atoms with Crippen LogP contribution in [0.4, 0.5) is 0 Å². The molecule has 0 aliphatic rings. The number of hydrogen-bond acceptors (Lipinski definition) is 4. The summed E-state index contributed by atoms with van der Waals surface area (Å²) in [6.07, 6.45) is 2.46. The van der Waals surface area contributed by atoms with E-state index in [1.807, 2.05) is 0 Å². The molecule has 0 saturated carbocycles. The maximum atomic E-state index is 4.36. The zero-order valence-corrected chi connectivity index (χ0v) is 13.4. The Hall–Kier alpha value is -0.480. The summed E-state index contributed by atoms with van der Waals surface area (Å²) in [5.41, 5.74) is 1.23. The van der Waals surface area contributed by atoms with Crippen LogP contribution in [0.15, 0.2) is 0 Å². The second-order valence-electron chi connectivity index (χ2n) is 6.04. The second-order valence-corrected chi connectivity index (χ2v) is 6.82. The molecule has 1 N–H and O–H groups in total. The van der Waals surface area contributed by atoms with E-state index in [1.54, 1.807) is 11.5 Å². The Morgan fingerprint density at radius 3 is 2.44 bits per heavy atom. The first kappa shape index (κ1) is 15.6. The zero-order chi connectivity index (χ0) is 13.8. The van der Waals surface area contributed by atoms with Crippen molar-refractivity contribution in [3.05, 3.63) is 10.6 Å². The third-order valence-corrected chi connectivity index (χ3v) is 4.05. The summed E-state index contributed by atoms with van der Waals surface area (Å²) in [4.78, 5) is 1.32. The first-order valence-corrected chi connectivity index (χ1v) is 7.75. The molecule has 104 valence electrons. The van der Waals surface area contributed by atoms with Crippen molar-refractivity contribution in [3.8, 4) is 0 Å². The molecule has 1 heterocycles. The quantitative estimate of drug-likeness (QED) is 0.850. The molecule has 0 spiro atoms. The highest BCUT2D eigenvalue weighted by Gasteiger charge is 2.29. The van der Waals surface area contributed by atoms with Crippen LogP contribution in [0.5, 0.6) is 0 Å². The molecular weight excluding hydrogens is 242 g/mol. The van der Waals surface area contributed by atoms with Gasteiger partial charge in [-0.25, -0.2) is 0 Å². The maximum absolute atomic E-state index is 4.36. The molecule has 0 aliphatic carbocycles. The van der Waals surface area contributed by atoms with Crippen LogP contribution >= 0.6 is 11.5 Å². The lowest BCUT2D eigenvalue weighted by Gasteiger charge is -2.26. The monoisotopic (exact) mass is 269 g/mol. The summed E-state index contributed by atoms with van der Waals surface area (Å²) in [6.45, 7) is 14.3. The largest absolute Gasteiger partial charge is 0.309 e. The van der Waals surface area contributed by atoms with Crippen LogP contribution < -0.4 is 5.32 Å². The maximum Gasteiger partial charge on any atom is 0.0857 e. The molecule has 4 heteroatoms. The van der Waals surface area contributed by atoms with E-state index in [9.17, 15) is 0 Å². The van der Waals surface area contributed by atoms with E-state index in [1.165, 1.54) is 17.7 Å². The predicted octanol–water partition coefficient (Wildman–Crippen LogP) is 3.92. The first-order valence-electron chi connectivity index (χ1n) is 6.97. The van der Waals surface area contributed by atoms with Crippen LogP contribution in [0.3, 0.4) is 0 Å². The Labute approximate surface area is 116 Å². The van der Waals surface area contributed by atoms with Gasteiger partial charge in [0.05, 0.1) is 10.6 Å². The summed E-state index contributed by atoms with van der Waals surface area (Å²) in [6, 6.07) is 0.393. The third kappa shape index (κ3) is 3.75. The van der Waals surface area contributed by atoms with E-state index in [0.717, 1.165) is 12.2 Å². The highest BCUT2D eigenvalue weighted by molar-refractivity contribution is 7.05. The molecule has 3 nitrogen and oxygen atoms in total. The van der Waals surface area contributed by atoms with Gasteiger partial charge >= 0.3 is 0 Å². The standard InChI is InChI=1S/C14H27N3S/c1-7-9-10(3)11(15-8-2)12-13(14(4,5)6)16-17-18-12/h10-11,15H,7-9H2,1-6H3. The van der Waals surface area contributed by atoms with E-state index in [-0.39, 0.29) is 5.41 Å². The topological polar surface area (TPSA) is 37.8 Å². The molecule has 18 heavy (non-hydrogen) atoms. The van der Waals surface area contributed by atoms with Crippen molar-refractivity contribution in [3.63, 3.8) is 0 Å². The number of nitrogens with one attached hydrogen (secondary N) is 1. The lowest BCUT2D eigenvalue weighted by Crippen LogP contribution is -2.28. The van der Waals surface area contributed by atoms with E-state index < -0.39 is 0 Å². The Bertz CT molecular complexity index is 354. The zero-order valence-electron chi connectivity index (χ0n) is 12.6. The fraction of sp³-hybridized carbons (Fsp3) is 0.857. The molecule has 2 atom stereocenters. The van der Waals surface area contributed by atoms with E-state index >= 15 is 0 Å². The van der Waals surface area contributed by atoms with Crippen LogP contribution in [-0.2, 0) is 5.41 Å². The highest BCUT2D eigenvalue weighted by atomic mass is 32.1. The summed E-state index contributed by atoms with van der Waals surface area (Å²) >= 11 is 1.56.